The Hall–Kier alpha value is -3.77. The van der Waals surface area contributed by atoms with E-state index in [-0.39, 0.29) is 6.54 Å². The number of benzene rings is 3. The minimum absolute atomic E-state index is 0.117. The molecular weight excluding hydrogens is 464 g/mol. The summed E-state index contributed by atoms with van der Waals surface area (Å²) in [6, 6.07) is 25.8. The van der Waals surface area contributed by atoms with Crippen LogP contribution in [0.5, 0.6) is 5.75 Å². The quantitative estimate of drug-likeness (QED) is 0.306. The molecule has 0 spiro atoms. The van der Waals surface area contributed by atoms with Crippen molar-refractivity contribution in [2.45, 2.75) is 52.0 Å². The van der Waals surface area contributed by atoms with Crippen LogP contribution in [0.15, 0.2) is 85.1 Å². The van der Waals surface area contributed by atoms with Gasteiger partial charge >= 0.3 is 6.09 Å². The molecule has 1 amide bonds. The number of nitrogens with zero attached hydrogens (tertiary/aromatic N) is 2. The Bertz CT molecular complexity index is 1320. The van der Waals surface area contributed by atoms with Crippen molar-refractivity contribution in [2.24, 2.45) is 0 Å². The molecule has 4 aromatic rings. The van der Waals surface area contributed by atoms with Gasteiger partial charge in [-0.05, 0) is 63.1 Å². The number of hydrogen-bond donors (Lipinski definition) is 1. The summed E-state index contributed by atoms with van der Waals surface area (Å²) >= 11 is 0. The second-order valence-electron chi connectivity index (χ2n) is 10.5. The van der Waals surface area contributed by atoms with Crippen LogP contribution in [0.25, 0.3) is 10.9 Å². The Balaban J connectivity index is 1.57. The predicted molar refractivity (Wildman–Crippen MR) is 147 cm³/mol. The molecule has 0 bridgehead atoms. The Morgan fingerprint density at radius 3 is 2.38 bits per heavy atom. The zero-order chi connectivity index (χ0) is 26.6. The van der Waals surface area contributed by atoms with E-state index in [1.165, 1.54) is 10.5 Å². The number of carbonyl (C=O) groups is 1. The van der Waals surface area contributed by atoms with Crippen molar-refractivity contribution in [1.82, 2.24) is 9.47 Å². The van der Waals surface area contributed by atoms with Crippen molar-refractivity contribution < 1.29 is 19.4 Å². The van der Waals surface area contributed by atoms with Gasteiger partial charge in [-0.1, -0.05) is 60.2 Å². The fraction of sp³-hybridized carbons (Fsp3) is 0.323. The first-order valence-corrected chi connectivity index (χ1v) is 12.6. The SMILES string of the molecule is Cc1ccc(COc2ccc3c(ccn3[C@@H](c3ccccc3)[C@H](O)CN(C)C(=O)OC(C)(C)C)c2)cc1. The van der Waals surface area contributed by atoms with Crippen molar-refractivity contribution in [3.8, 4) is 5.75 Å². The van der Waals surface area contributed by atoms with E-state index in [1.807, 2.05) is 81.6 Å². The third-order valence-corrected chi connectivity index (χ3v) is 6.19. The molecule has 194 valence electrons. The molecule has 6 heteroatoms. The summed E-state index contributed by atoms with van der Waals surface area (Å²) < 4.78 is 13.6. The average molecular weight is 501 g/mol. The maximum absolute atomic E-state index is 12.5. The van der Waals surface area contributed by atoms with Crippen LogP contribution in [0.4, 0.5) is 4.79 Å². The van der Waals surface area contributed by atoms with Crippen LogP contribution >= 0.6 is 0 Å². The molecule has 3 aromatic carbocycles. The van der Waals surface area contributed by atoms with Crippen molar-refractivity contribution in [2.75, 3.05) is 13.6 Å². The van der Waals surface area contributed by atoms with Crippen molar-refractivity contribution in [1.29, 1.82) is 0 Å². The molecule has 0 saturated heterocycles. The van der Waals surface area contributed by atoms with Crippen LogP contribution in [0.2, 0.25) is 0 Å². The van der Waals surface area contributed by atoms with Gasteiger partial charge in [0.25, 0.3) is 0 Å². The molecule has 37 heavy (non-hydrogen) atoms. The highest BCUT2D eigenvalue weighted by atomic mass is 16.6. The van der Waals surface area contributed by atoms with E-state index in [2.05, 4.69) is 35.8 Å². The van der Waals surface area contributed by atoms with Crippen LogP contribution in [-0.2, 0) is 11.3 Å². The van der Waals surface area contributed by atoms with Gasteiger partial charge in [-0.2, -0.15) is 0 Å². The Kier molecular flexibility index (Phi) is 7.89. The van der Waals surface area contributed by atoms with Crippen molar-refractivity contribution >= 4 is 17.0 Å². The van der Waals surface area contributed by atoms with E-state index in [1.54, 1.807) is 7.05 Å². The van der Waals surface area contributed by atoms with Gasteiger partial charge in [-0.25, -0.2) is 4.79 Å². The first-order chi connectivity index (χ1) is 17.6. The van der Waals surface area contributed by atoms with E-state index in [4.69, 9.17) is 9.47 Å². The monoisotopic (exact) mass is 500 g/mol. The lowest BCUT2D eigenvalue weighted by atomic mass is 10.0. The lowest BCUT2D eigenvalue weighted by Crippen LogP contribution is -2.41. The molecule has 0 fully saturated rings. The van der Waals surface area contributed by atoms with Gasteiger partial charge in [0.05, 0.1) is 18.7 Å². The molecule has 0 aliphatic heterocycles. The number of hydrogen-bond acceptors (Lipinski definition) is 4. The van der Waals surface area contributed by atoms with Gasteiger partial charge in [0, 0.05) is 24.1 Å². The summed E-state index contributed by atoms with van der Waals surface area (Å²) in [6.45, 7) is 8.16. The minimum Gasteiger partial charge on any atom is -0.489 e. The lowest BCUT2D eigenvalue weighted by molar-refractivity contribution is 0.0168. The van der Waals surface area contributed by atoms with Crippen molar-refractivity contribution in [3.05, 3.63) is 102 Å². The fourth-order valence-electron chi connectivity index (χ4n) is 4.34. The van der Waals surface area contributed by atoms with Gasteiger partial charge in [0.2, 0.25) is 0 Å². The second kappa shape index (κ2) is 11.1. The average Bonchev–Trinajstić information content (AvgIpc) is 3.26. The summed E-state index contributed by atoms with van der Waals surface area (Å²) in [7, 11) is 1.64. The smallest absolute Gasteiger partial charge is 0.410 e. The number of rotatable bonds is 8. The van der Waals surface area contributed by atoms with E-state index in [9.17, 15) is 9.90 Å². The highest BCUT2D eigenvalue weighted by Gasteiger charge is 2.28. The molecule has 2 atom stereocenters. The third kappa shape index (κ3) is 6.71. The summed E-state index contributed by atoms with van der Waals surface area (Å²) in [5, 5.41) is 12.4. The highest BCUT2D eigenvalue weighted by molar-refractivity contribution is 5.82. The zero-order valence-electron chi connectivity index (χ0n) is 22.2. The molecule has 1 N–H and O–H groups in total. The fourth-order valence-corrected chi connectivity index (χ4v) is 4.34. The van der Waals surface area contributed by atoms with E-state index >= 15 is 0 Å². The number of aliphatic hydroxyl groups excluding tert-OH is 1. The molecule has 0 aliphatic rings. The normalized spacial score (nSPS) is 13.2. The summed E-state index contributed by atoms with van der Waals surface area (Å²) in [6.07, 6.45) is 0.641. The minimum atomic E-state index is -0.868. The summed E-state index contributed by atoms with van der Waals surface area (Å²) in [4.78, 5) is 14.0. The largest absolute Gasteiger partial charge is 0.489 e. The van der Waals surface area contributed by atoms with Gasteiger partial charge in [0.1, 0.15) is 18.0 Å². The first kappa shape index (κ1) is 26.3. The van der Waals surface area contributed by atoms with E-state index in [0.29, 0.717) is 6.61 Å². The van der Waals surface area contributed by atoms with Crippen LogP contribution < -0.4 is 4.74 Å². The summed E-state index contributed by atoms with van der Waals surface area (Å²) in [5.41, 5.74) is 3.65. The second-order valence-corrected chi connectivity index (χ2v) is 10.5. The molecule has 0 aliphatic carbocycles. The number of likely N-dealkylation sites (N-methyl/N-ethyl adjacent to an activating group) is 1. The van der Waals surface area contributed by atoms with Gasteiger partial charge in [-0.3, -0.25) is 0 Å². The maximum Gasteiger partial charge on any atom is 0.410 e. The molecule has 0 unspecified atom stereocenters. The molecule has 0 saturated carbocycles. The lowest BCUT2D eigenvalue weighted by Gasteiger charge is -2.30. The molecule has 1 heterocycles. The van der Waals surface area contributed by atoms with Crippen molar-refractivity contribution in [3.63, 3.8) is 0 Å². The number of aromatic nitrogens is 1. The molecule has 1 aromatic heterocycles. The van der Waals surface area contributed by atoms with Gasteiger partial charge in [0.15, 0.2) is 0 Å². The number of aliphatic hydroxyl groups is 1. The van der Waals surface area contributed by atoms with Gasteiger partial charge < -0.3 is 24.0 Å². The molecule has 0 radical (unpaired) electrons. The zero-order valence-corrected chi connectivity index (χ0v) is 22.2. The maximum atomic E-state index is 12.5. The predicted octanol–water partition coefficient (Wildman–Crippen LogP) is 6.35. The molecule has 4 rings (SSSR count). The van der Waals surface area contributed by atoms with Crippen LogP contribution in [0, 0.1) is 6.92 Å². The molecule has 6 nitrogen and oxygen atoms in total. The Morgan fingerprint density at radius 1 is 1.00 bits per heavy atom. The Labute approximate surface area is 219 Å². The number of ether oxygens (including phenoxy) is 2. The topological polar surface area (TPSA) is 63.9 Å². The van der Waals surface area contributed by atoms with E-state index < -0.39 is 23.8 Å². The highest BCUT2D eigenvalue weighted by Crippen LogP contribution is 2.30. The van der Waals surface area contributed by atoms with Crippen LogP contribution in [0.1, 0.15) is 43.5 Å². The van der Waals surface area contributed by atoms with Gasteiger partial charge in [-0.15, -0.1) is 0 Å². The summed E-state index contributed by atoms with van der Waals surface area (Å²) in [5.74, 6) is 0.785. The third-order valence-electron chi connectivity index (χ3n) is 6.19. The standard InChI is InChI=1S/C31H36N2O4/c1-22-11-13-23(14-12-22)21-36-26-15-16-27-25(19-26)17-18-33(27)29(24-9-7-6-8-10-24)28(34)20-32(5)30(35)37-31(2,3)4/h6-19,28-29,34H,20-21H2,1-5H3/t28-,29+/m1/s1. The van der Waals surface area contributed by atoms with E-state index in [0.717, 1.165) is 27.8 Å². The number of fused-ring (bicyclic) bond motifs is 1. The number of aryl methyl sites for hydroxylation is 1. The molecular formula is C31H36N2O4. The Morgan fingerprint density at radius 2 is 1.70 bits per heavy atom. The number of carbonyl (C=O) groups excluding carboxylic acids is 1. The van der Waals surface area contributed by atoms with Crippen LogP contribution in [-0.4, -0.2) is 46.0 Å². The number of amides is 1. The van der Waals surface area contributed by atoms with Crippen LogP contribution in [0.3, 0.4) is 0 Å². The first-order valence-electron chi connectivity index (χ1n) is 12.6.